The van der Waals surface area contributed by atoms with E-state index in [0.717, 1.165) is 17.7 Å². The molecule has 1 aliphatic rings. The predicted molar refractivity (Wildman–Crippen MR) is 90.0 cm³/mol. The zero-order valence-electron chi connectivity index (χ0n) is 14.6. The molecule has 9 heteroatoms. The monoisotopic (exact) mass is 346 g/mol. The summed E-state index contributed by atoms with van der Waals surface area (Å²) < 4.78 is 12.2. The first-order chi connectivity index (χ1) is 12.1. The van der Waals surface area contributed by atoms with Crippen LogP contribution in [0.3, 0.4) is 0 Å². The number of nitrogens with zero attached hydrogens (tertiary/aromatic N) is 6. The van der Waals surface area contributed by atoms with Crippen LogP contribution in [0.4, 0.5) is 5.95 Å². The molecule has 2 atom stereocenters. The summed E-state index contributed by atoms with van der Waals surface area (Å²) in [7, 11) is 5.17. The maximum absolute atomic E-state index is 11.4. The molecule has 1 saturated heterocycles. The molecular weight excluding hydrogens is 324 g/mol. The van der Waals surface area contributed by atoms with Gasteiger partial charge in [0.25, 0.3) is 0 Å². The predicted octanol–water partition coefficient (Wildman–Crippen LogP) is 1.08. The third kappa shape index (κ3) is 4.11. The van der Waals surface area contributed by atoms with Gasteiger partial charge in [0.2, 0.25) is 5.95 Å². The fraction of sp³-hybridized carbons (Fsp3) is 0.562. The van der Waals surface area contributed by atoms with E-state index in [1.54, 1.807) is 12.4 Å². The summed E-state index contributed by atoms with van der Waals surface area (Å²) in [6.45, 7) is 0.585. The van der Waals surface area contributed by atoms with Crippen molar-refractivity contribution in [2.75, 3.05) is 32.7 Å². The molecule has 25 heavy (non-hydrogen) atoms. The summed E-state index contributed by atoms with van der Waals surface area (Å²) in [5.41, 5.74) is 1.54. The van der Waals surface area contributed by atoms with Crippen molar-refractivity contribution < 1.29 is 14.3 Å². The van der Waals surface area contributed by atoms with E-state index in [-0.39, 0.29) is 24.5 Å². The first kappa shape index (κ1) is 17.3. The molecule has 3 rings (SSSR count). The lowest BCUT2D eigenvalue weighted by Gasteiger charge is -2.28. The van der Waals surface area contributed by atoms with E-state index in [4.69, 9.17) is 9.47 Å². The van der Waals surface area contributed by atoms with Crippen LogP contribution in [-0.2, 0) is 14.3 Å². The van der Waals surface area contributed by atoms with E-state index < -0.39 is 0 Å². The molecule has 2 unspecified atom stereocenters. The van der Waals surface area contributed by atoms with Crippen LogP contribution in [0.5, 0.6) is 0 Å². The van der Waals surface area contributed by atoms with E-state index in [0.29, 0.717) is 19.0 Å². The lowest BCUT2D eigenvalue weighted by atomic mass is 10.0. The minimum absolute atomic E-state index is 0.145. The van der Waals surface area contributed by atoms with E-state index in [1.165, 1.54) is 7.11 Å². The fourth-order valence-electron chi connectivity index (χ4n) is 2.78. The highest BCUT2D eigenvalue weighted by atomic mass is 16.5. The summed E-state index contributed by atoms with van der Waals surface area (Å²) in [6, 6.07) is 0.145. The van der Waals surface area contributed by atoms with Gasteiger partial charge in [-0.15, -0.1) is 5.10 Å². The van der Waals surface area contributed by atoms with Crippen molar-refractivity contribution in [2.24, 2.45) is 0 Å². The Morgan fingerprint density at radius 1 is 1.40 bits per heavy atom. The van der Waals surface area contributed by atoms with E-state index in [2.05, 4.69) is 20.3 Å². The van der Waals surface area contributed by atoms with Crippen molar-refractivity contribution in [3.63, 3.8) is 0 Å². The van der Waals surface area contributed by atoms with Gasteiger partial charge in [0.1, 0.15) is 5.69 Å². The highest BCUT2D eigenvalue weighted by molar-refractivity contribution is 5.69. The minimum Gasteiger partial charge on any atom is -0.469 e. The van der Waals surface area contributed by atoms with Gasteiger partial charge in [-0.25, -0.2) is 14.6 Å². The van der Waals surface area contributed by atoms with Gasteiger partial charge in [0, 0.05) is 38.7 Å². The average molecular weight is 346 g/mol. The van der Waals surface area contributed by atoms with Crippen LogP contribution in [0.1, 0.15) is 25.3 Å². The van der Waals surface area contributed by atoms with Crippen LogP contribution < -0.4 is 4.90 Å². The maximum atomic E-state index is 11.4. The highest BCUT2D eigenvalue weighted by Gasteiger charge is 2.27. The van der Waals surface area contributed by atoms with Crippen molar-refractivity contribution in [3.8, 4) is 11.3 Å². The Labute approximate surface area is 146 Å². The summed E-state index contributed by atoms with van der Waals surface area (Å²) in [4.78, 5) is 21.9. The number of hydrogen-bond donors (Lipinski definition) is 0. The first-order valence-corrected chi connectivity index (χ1v) is 8.17. The quantitative estimate of drug-likeness (QED) is 0.742. The number of aromatic nitrogens is 5. The van der Waals surface area contributed by atoms with Gasteiger partial charge in [-0.2, -0.15) is 0 Å². The molecule has 1 fully saturated rings. The molecule has 0 spiro atoms. The molecular formula is C16H22N6O3. The number of carbonyl (C=O) groups is 1. The lowest BCUT2D eigenvalue weighted by molar-refractivity contribution is -0.145. The number of rotatable bonds is 5. The number of ether oxygens (including phenoxy) is 2. The molecule has 1 aliphatic heterocycles. The van der Waals surface area contributed by atoms with Crippen LogP contribution in [-0.4, -0.2) is 64.8 Å². The van der Waals surface area contributed by atoms with Crippen molar-refractivity contribution in [1.29, 1.82) is 0 Å². The number of anilines is 1. The topological polar surface area (TPSA) is 95.3 Å². The second kappa shape index (κ2) is 7.56. The Morgan fingerprint density at radius 3 is 2.84 bits per heavy atom. The smallest absolute Gasteiger partial charge is 0.308 e. The van der Waals surface area contributed by atoms with E-state index in [9.17, 15) is 4.79 Å². The van der Waals surface area contributed by atoms with Gasteiger partial charge in [0.15, 0.2) is 0 Å². The standard InChI is InChI=1S/C16H22N6O3/c1-21(2)16-17-8-11(9-18-16)14-10-22(20-19-14)12-4-5-25-13(6-12)7-15(23)24-3/h8-10,12-13H,4-7H2,1-3H3. The molecule has 0 saturated carbocycles. The van der Waals surface area contributed by atoms with Gasteiger partial charge < -0.3 is 14.4 Å². The molecule has 0 radical (unpaired) electrons. The van der Waals surface area contributed by atoms with Crippen LogP contribution in [0.15, 0.2) is 18.6 Å². The second-order valence-corrected chi connectivity index (χ2v) is 6.20. The van der Waals surface area contributed by atoms with Gasteiger partial charge in [0.05, 0.1) is 31.9 Å². The summed E-state index contributed by atoms with van der Waals surface area (Å²) >= 11 is 0. The number of esters is 1. The summed E-state index contributed by atoms with van der Waals surface area (Å²) in [5, 5.41) is 8.46. The normalized spacial score (nSPS) is 20.3. The Bertz CT molecular complexity index is 715. The fourth-order valence-corrected chi connectivity index (χ4v) is 2.78. The maximum Gasteiger partial charge on any atom is 0.308 e. The average Bonchev–Trinajstić information content (AvgIpc) is 3.12. The number of methoxy groups -OCH3 is 1. The van der Waals surface area contributed by atoms with Crippen molar-refractivity contribution in [3.05, 3.63) is 18.6 Å². The van der Waals surface area contributed by atoms with Crippen LogP contribution in [0.2, 0.25) is 0 Å². The Kier molecular flexibility index (Phi) is 5.22. The zero-order valence-corrected chi connectivity index (χ0v) is 14.6. The largest absolute Gasteiger partial charge is 0.469 e. The molecule has 0 bridgehead atoms. The van der Waals surface area contributed by atoms with E-state index in [1.807, 2.05) is 29.9 Å². The van der Waals surface area contributed by atoms with Gasteiger partial charge in [-0.05, 0) is 12.8 Å². The second-order valence-electron chi connectivity index (χ2n) is 6.20. The molecule has 0 aliphatic carbocycles. The lowest BCUT2D eigenvalue weighted by Crippen LogP contribution is -2.30. The highest BCUT2D eigenvalue weighted by Crippen LogP contribution is 2.27. The van der Waals surface area contributed by atoms with Crippen molar-refractivity contribution in [2.45, 2.75) is 31.4 Å². The summed E-state index contributed by atoms with van der Waals surface area (Å²) in [6.07, 6.45) is 7.00. The zero-order chi connectivity index (χ0) is 17.8. The van der Waals surface area contributed by atoms with Gasteiger partial charge in [-0.3, -0.25) is 4.79 Å². The molecule has 0 aromatic carbocycles. The first-order valence-electron chi connectivity index (χ1n) is 8.17. The Hall–Kier alpha value is -2.55. The summed E-state index contributed by atoms with van der Waals surface area (Å²) in [5.74, 6) is 0.384. The van der Waals surface area contributed by atoms with Gasteiger partial charge in [-0.1, -0.05) is 5.21 Å². The van der Waals surface area contributed by atoms with Crippen LogP contribution in [0, 0.1) is 0 Å². The van der Waals surface area contributed by atoms with Gasteiger partial charge >= 0.3 is 5.97 Å². The van der Waals surface area contributed by atoms with Crippen LogP contribution >= 0.6 is 0 Å². The molecule has 2 aromatic rings. The number of hydrogen-bond acceptors (Lipinski definition) is 8. The molecule has 0 amide bonds. The Balaban J connectivity index is 1.69. The SMILES string of the molecule is COC(=O)CC1CC(n2cc(-c3cnc(N(C)C)nc3)nn2)CCO1. The third-order valence-electron chi connectivity index (χ3n) is 4.18. The molecule has 0 N–H and O–H groups in total. The third-order valence-corrected chi connectivity index (χ3v) is 4.18. The molecule has 2 aromatic heterocycles. The Morgan fingerprint density at radius 2 is 2.16 bits per heavy atom. The minimum atomic E-state index is -0.261. The van der Waals surface area contributed by atoms with Crippen molar-refractivity contribution in [1.82, 2.24) is 25.0 Å². The molecule has 3 heterocycles. The van der Waals surface area contributed by atoms with E-state index >= 15 is 0 Å². The number of carbonyl (C=O) groups excluding carboxylic acids is 1. The van der Waals surface area contributed by atoms with Crippen LogP contribution in [0.25, 0.3) is 11.3 Å². The van der Waals surface area contributed by atoms with Crippen molar-refractivity contribution >= 4 is 11.9 Å². The molecule has 134 valence electrons. The molecule has 9 nitrogen and oxygen atoms in total.